The third-order valence-corrected chi connectivity index (χ3v) is 3.23. The van der Waals surface area contributed by atoms with E-state index < -0.39 is 0 Å². The number of nitrogens with zero attached hydrogens (tertiary/aromatic N) is 3. The third-order valence-electron chi connectivity index (χ3n) is 2.72. The van der Waals surface area contributed by atoms with Crippen LogP contribution in [0.1, 0.15) is 0 Å². The van der Waals surface area contributed by atoms with E-state index in [4.69, 9.17) is 0 Å². The molecule has 0 radical (unpaired) electrons. The van der Waals surface area contributed by atoms with Crippen LogP contribution in [0.3, 0.4) is 0 Å². The van der Waals surface area contributed by atoms with E-state index >= 15 is 0 Å². The number of benzene rings is 1. The van der Waals surface area contributed by atoms with Crippen molar-refractivity contribution in [3.63, 3.8) is 0 Å². The van der Waals surface area contributed by atoms with Gasteiger partial charge in [0.1, 0.15) is 5.69 Å². The highest BCUT2D eigenvalue weighted by Crippen LogP contribution is 2.29. The molecule has 0 fully saturated rings. The highest BCUT2D eigenvalue weighted by Gasteiger charge is 2.09. The molecule has 0 saturated carbocycles. The average Bonchev–Trinajstić information content (AvgIpc) is 2.47. The van der Waals surface area contributed by atoms with Crippen molar-refractivity contribution in [2.75, 3.05) is 3.53 Å². The zero-order chi connectivity index (χ0) is 12.4. The number of rotatable bonds is 2. The lowest BCUT2D eigenvalue weighted by atomic mass is 10.1. The molecule has 5 heteroatoms. The van der Waals surface area contributed by atoms with Gasteiger partial charge in [-0.15, -0.1) is 10.2 Å². The van der Waals surface area contributed by atoms with Crippen molar-refractivity contribution in [1.82, 2.24) is 15.2 Å². The second-order valence-electron chi connectivity index (χ2n) is 3.78. The summed E-state index contributed by atoms with van der Waals surface area (Å²) in [4.78, 5) is 4.15. The summed E-state index contributed by atoms with van der Waals surface area (Å²) in [6.45, 7) is 0. The minimum atomic E-state index is 0.735. The maximum absolute atomic E-state index is 4.30. The van der Waals surface area contributed by atoms with Gasteiger partial charge in [0.2, 0.25) is 0 Å². The highest BCUT2D eigenvalue weighted by molar-refractivity contribution is 14.1. The van der Waals surface area contributed by atoms with E-state index in [0.29, 0.717) is 0 Å². The van der Waals surface area contributed by atoms with Crippen LogP contribution in [0.2, 0.25) is 0 Å². The molecule has 0 unspecified atom stereocenters. The molecule has 1 N–H and O–H groups in total. The predicted molar refractivity (Wildman–Crippen MR) is 80.4 cm³/mol. The van der Waals surface area contributed by atoms with Crippen molar-refractivity contribution in [1.29, 1.82) is 0 Å². The van der Waals surface area contributed by atoms with E-state index in [1.165, 1.54) is 0 Å². The molecule has 0 bridgehead atoms. The molecule has 0 amide bonds. The molecule has 2 heterocycles. The number of aromatic nitrogens is 3. The van der Waals surface area contributed by atoms with Crippen molar-refractivity contribution >= 4 is 39.5 Å². The molecular weight excluding hydrogens is 339 g/mol. The molecule has 0 aliphatic heterocycles. The summed E-state index contributed by atoms with van der Waals surface area (Å²) in [6.07, 6.45) is 3.57. The molecule has 3 aromatic rings. The van der Waals surface area contributed by atoms with Gasteiger partial charge in [-0.1, -0.05) is 30.3 Å². The lowest BCUT2D eigenvalue weighted by Crippen LogP contribution is -1.95. The first-order valence-electron chi connectivity index (χ1n) is 5.42. The second-order valence-corrected chi connectivity index (χ2v) is 4.32. The van der Waals surface area contributed by atoms with Gasteiger partial charge in [0.05, 0.1) is 22.9 Å². The van der Waals surface area contributed by atoms with Crippen molar-refractivity contribution in [3.05, 3.63) is 48.8 Å². The normalized spacial score (nSPS) is 10.5. The van der Waals surface area contributed by atoms with Crippen molar-refractivity contribution < 1.29 is 0 Å². The molecule has 0 aliphatic carbocycles. The fourth-order valence-electron chi connectivity index (χ4n) is 1.88. The average molecular weight is 348 g/mol. The smallest absolute Gasteiger partial charge is 0.166 e. The maximum Gasteiger partial charge on any atom is 0.166 e. The number of nitrogens with one attached hydrogen (secondary N) is 1. The van der Waals surface area contributed by atoms with E-state index in [0.717, 1.165) is 27.8 Å². The van der Waals surface area contributed by atoms with Crippen LogP contribution in [0, 0.1) is 0 Å². The van der Waals surface area contributed by atoms with Gasteiger partial charge in [-0.3, -0.25) is 4.98 Å². The molecule has 1 aromatic carbocycles. The molecule has 88 valence electrons. The molecule has 4 nitrogen and oxygen atoms in total. The van der Waals surface area contributed by atoms with Gasteiger partial charge in [-0.05, 0) is 6.07 Å². The van der Waals surface area contributed by atoms with Crippen LogP contribution in [-0.4, -0.2) is 15.2 Å². The Bertz CT molecular complexity index is 685. The first-order valence-corrected chi connectivity index (χ1v) is 6.50. The predicted octanol–water partition coefficient (Wildman–Crippen LogP) is 3.45. The van der Waals surface area contributed by atoms with Gasteiger partial charge < -0.3 is 3.53 Å². The Morgan fingerprint density at radius 2 is 1.78 bits per heavy atom. The topological polar surface area (TPSA) is 50.7 Å². The monoisotopic (exact) mass is 348 g/mol. The first kappa shape index (κ1) is 11.3. The lowest BCUT2D eigenvalue weighted by Gasteiger charge is -2.07. The molecule has 3 rings (SSSR count). The number of hydrogen-bond acceptors (Lipinski definition) is 4. The van der Waals surface area contributed by atoms with Crippen LogP contribution in [0.4, 0.5) is 5.82 Å². The number of hydrogen-bond donors (Lipinski definition) is 1. The van der Waals surface area contributed by atoms with E-state index in [-0.39, 0.29) is 0 Å². The van der Waals surface area contributed by atoms with Gasteiger partial charge in [0.15, 0.2) is 5.82 Å². The standard InChI is InChI=1S/C13H9IN4/c14-16-13-11-8-15-7-6-10(11)12(17-18-13)9-4-2-1-3-5-9/h1-8H,(H,16,18). The molecule has 18 heavy (non-hydrogen) atoms. The summed E-state index contributed by atoms with van der Waals surface area (Å²) in [5, 5.41) is 10.5. The fraction of sp³-hybridized carbons (Fsp3) is 0. The number of anilines is 1. The Kier molecular flexibility index (Phi) is 3.06. The molecule has 0 atom stereocenters. The Balaban J connectivity index is 2.32. The minimum absolute atomic E-state index is 0.735. The molecule has 2 aromatic heterocycles. The summed E-state index contributed by atoms with van der Waals surface area (Å²) in [5.41, 5.74) is 1.93. The van der Waals surface area contributed by atoms with Crippen molar-refractivity contribution in [2.45, 2.75) is 0 Å². The molecule has 0 aliphatic rings. The van der Waals surface area contributed by atoms with E-state index in [1.54, 1.807) is 12.4 Å². The Labute approximate surface area is 118 Å². The molecule has 0 spiro atoms. The van der Waals surface area contributed by atoms with E-state index in [2.05, 4.69) is 18.7 Å². The highest BCUT2D eigenvalue weighted by atomic mass is 127. The van der Waals surface area contributed by atoms with Gasteiger partial charge in [-0.25, -0.2) is 0 Å². The van der Waals surface area contributed by atoms with Crippen LogP contribution in [0.25, 0.3) is 22.0 Å². The first-order chi connectivity index (χ1) is 8.90. The quantitative estimate of drug-likeness (QED) is 0.569. The van der Waals surface area contributed by atoms with Gasteiger partial charge in [0, 0.05) is 28.7 Å². The summed E-state index contributed by atoms with van der Waals surface area (Å²) in [7, 11) is 0. The molecule has 0 saturated heterocycles. The van der Waals surface area contributed by atoms with E-state index in [1.807, 2.05) is 59.3 Å². The second kappa shape index (κ2) is 4.85. The van der Waals surface area contributed by atoms with Gasteiger partial charge in [-0.2, -0.15) is 0 Å². The van der Waals surface area contributed by atoms with Crippen LogP contribution in [0.5, 0.6) is 0 Å². The summed E-state index contributed by atoms with van der Waals surface area (Å²) in [6, 6.07) is 12.0. The third kappa shape index (κ3) is 1.90. The fourth-order valence-corrected chi connectivity index (χ4v) is 2.27. The number of fused-ring (bicyclic) bond motifs is 1. The van der Waals surface area contributed by atoms with Crippen LogP contribution in [0.15, 0.2) is 48.8 Å². The number of pyridine rings is 1. The Morgan fingerprint density at radius 3 is 2.56 bits per heavy atom. The largest absolute Gasteiger partial charge is 0.311 e. The van der Waals surface area contributed by atoms with Crippen molar-refractivity contribution in [2.24, 2.45) is 0 Å². The lowest BCUT2D eigenvalue weighted by molar-refractivity contribution is 1.07. The van der Waals surface area contributed by atoms with Gasteiger partial charge >= 0.3 is 0 Å². The maximum atomic E-state index is 4.30. The van der Waals surface area contributed by atoms with Crippen LogP contribution < -0.4 is 3.53 Å². The summed E-state index contributed by atoms with van der Waals surface area (Å²) >= 11 is 2.05. The van der Waals surface area contributed by atoms with Crippen LogP contribution in [-0.2, 0) is 0 Å². The number of halogens is 1. The van der Waals surface area contributed by atoms with Crippen LogP contribution >= 0.6 is 22.9 Å². The Hall–Kier alpha value is -1.76. The summed E-state index contributed by atoms with van der Waals surface area (Å²) in [5.74, 6) is 0.735. The van der Waals surface area contributed by atoms with E-state index in [9.17, 15) is 0 Å². The SMILES string of the molecule is INc1nnc(-c2ccccc2)c2ccncc12. The minimum Gasteiger partial charge on any atom is -0.311 e. The van der Waals surface area contributed by atoms with Gasteiger partial charge in [0.25, 0.3) is 0 Å². The zero-order valence-corrected chi connectivity index (χ0v) is 11.5. The van der Waals surface area contributed by atoms with Crippen molar-refractivity contribution in [3.8, 4) is 11.3 Å². The molecular formula is C13H9IN4. The summed E-state index contributed by atoms with van der Waals surface area (Å²) < 4.78 is 3.01. The zero-order valence-electron chi connectivity index (χ0n) is 9.34. The Morgan fingerprint density at radius 1 is 0.944 bits per heavy atom.